The van der Waals surface area contributed by atoms with Gasteiger partial charge in [-0.2, -0.15) is 0 Å². The van der Waals surface area contributed by atoms with Crippen LogP contribution in [0.3, 0.4) is 0 Å². The Bertz CT molecular complexity index is 916. The molecule has 0 radical (unpaired) electrons. The summed E-state index contributed by atoms with van der Waals surface area (Å²) in [6.45, 7) is 10.3. The van der Waals surface area contributed by atoms with Gasteiger partial charge in [0.25, 0.3) is 0 Å². The van der Waals surface area contributed by atoms with Crippen molar-refractivity contribution in [1.29, 1.82) is 0 Å². The van der Waals surface area contributed by atoms with Crippen LogP contribution in [0, 0.1) is 0 Å². The molecule has 2 aromatic rings. The van der Waals surface area contributed by atoms with E-state index >= 15 is 0 Å². The van der Waals surface area contributed by atoms with E-state index in [9.17, 15) is 9.59 Å². The quantitative estimate of drug-likeness (QED) is 0.385. The molecule has 10 heteroatoms. The first-order valence-electron chi connectivity index (χ1n) is 10.2. The van der Waals surface area contributed by atoms with Gasteiger partial charge in [0.15, 0.2) is 11.4 Å². The number of amides is 1. The minimum absolute atomic E-state index is 0.0953. The Morgan fingerprint density at radius 2 is 1.97 bits per heavy atom. The highest BCUT2D eigenvalue weighted by atomic mass is 28.3. The monoisotopic (exact) mass is 434 g/mol. The summed E-state index contributed by atoms with van der Waals surface area (Å²) in [6.07, 6.45) is 3.44. The van der Waals surface area contributed by atoms with Gasteiger partial charge in [0.1, 0.15) is 18.4 Å². The first-order chi connectivity index (χ1) is 14.1. The molecule has 0 aromatic carbocycles. The van der Waals surface area contributed by atoms with Gasteiger partial charge in [-0.15, -0.1) is 0 Å². The third-order valence-corrected chi connectivity index (χ3v) is 6.85. The number of ether oxygens (including phenoxy) is 2. The van der Waals surface area contributed by atoms with Gasteiger partial charge in [-0.3, -0.25) is 4.79 Å². The zero-order valence-electron chi connectivity index (χ0n) is 18.1. The largest absolute Gasteiger partial charge is 0.473 e. The highest BCUT2D eigenvalue weighted by molar-refractivity contribution is 6.76. The van der Waals surface area contributed by atoms with Gasteiger partial charge in [-0.1, -0.05) is 19.6 Å². The highest BCUT2D eigenvalue weighted by Crippen LogP contribution is 2.23. The summed E-state index contributed by atoms with van der Waals surface area (Å²) in [4.78, 5) is 33.5. The number of piperidine rings is 1. The maximum absolute atomic E-state index is 12.1. The summed E-state index contributed by atoms with van der Waals surface area (Å²) in [7, 11) is -1.17. The lowest BCUT2D eigenvalue weighted by atomic mass is 10.1. The summed E-state index contributed by atoms with van der Waals surface area (Å²) < 4.78 is 13.5. The zero-order chi connectivity index (χ0) is 21.9. The molecule has 0 unspecified atom stereocenters. The first kappa shape index (κ1) is 22.2. The van der Waals surface area contributed by atoms with E-state index < -0.39 is 14.2 Å². The van der Waals surface area contributed by atoms with E-state index in [2.05, 4.69) is 29.6 Å². The van der Waals surface area contributed by atoms with Gasteiger partial charge in [0.05, 0.1) is 11.8 Å². The Balaban J connectivity index is 1.71. The number of carboxylic acid groups (broad SMARTS) is 1. The van der Waals surface area contributed by atoms with Crippen molar-refractivity contribution in [2.45, 2.75) is 58.3 Å². The maximum Gasteiger partial charge on any atom is 0.407 e. The Morgan fingerprint density at radius 1 is 1.27 bits per heavy atom. The van der Waals surface area contributed by atoms with E-state index in [1.807, 2.05) is 0 Å². The number of ketones is 1. The topological polar surface area (TPSA) is 107 Å². The molecule has 0 spiro atoms. The third-order valence-electron chi connectivity index (χ3n) is 5.15. The molecular weight excluding hydrogens is 404 g/mol. The first-order valence-corrected chi connectivity index (χ1v) is 13.9. The molecule has 0 saturated carbocycles. The molecule has 0 bridgehead atoms. The van der Waals surface area contributed by atoms with Crippen LogP contribution in [0.25, 0.3) is 11.2 Å². The van der Waals surface area contributed by atoms with Crippen molar-refractivity contribution in [3.05, 3.63) is 18.0 Å². The van der Waals surface area contributed by atoms with Crippen LogP contribution in [-0.2, 0) is 11.5 Å². The average molecular weight is 435 g/mol. The summed E-state index contributed by atoms with van der Waals surface area (Å²) in [6, 6.07) is 1.07. The number of aromatic nitrogens is 3. The third kappa shape index (κ3) is 5.57. The summed E-state index contributed by atoms with van der Waals surface area (Å²) in [5.41, 5.74) is 1.57. The van der Waals surface area contributed by atoms with Crippen LogP contribution in [-0.4, -0.2) is 70.3 Å². The molecule has 1 aliphatic heterocycles. The van der Waals surface area contributed by atoms with Crippen LogP contribution in [0.1, 0.15) is 30.1 Å². The fourth-order valence-corrected chi connectivity index (χ4v) is 4.08. The minimum atomic E-state index is -1.17. The fourth-order valence-electron chi connectivity index (χ4n) is 3.33. The molecule has 9 nitrogen and oxygen atoms in total. The molecule has 0 atom stereocenters. The molecule has 1 N–H and O–H groups in total. The molecule has 164 valence electrons. The molecule has 3 heterocycles. The number of nitrogens with zero attached hydrogens (tertiary/aromatic N) is 4. The van der Waals surface area contributed by atoms with Crippen molar-refractivity contribution < 1.29 is 24.2 Å². The molecule has 1 amide bonds. The standard InChI is InChI=1S/C20H30N4O5Si/c1-14(25)16-12-24(13-28-9-10-30(2,3)4)19-18(16)22-17(11-21-19)29-15-5-7-23(8-6-15)20(26)27/h11-12,15H,5-10,13H2,1-4H3,(H,26,27). The normalized spacial score (nSPS) is 15.5. The zero-order valence-corrected chi connectivity index (χ0v) is 19.1. The molecule has 1 aliphatic rings. The second-order valence-electron chi connectivity index (χ2n) is 8.88. The number of hydrogen-bond acceptors (Lipinski definition) is 6. The van der Waals surface area contributed by atoms with E-state index in [1.54, 1.807) is 17.0 Å². The van der Waals surface area contributed by atoms with Crippen molar-refractivity contribution in [2.24, 2.45) is 0 Å². The summed E-state index contributed by atoms with van der Waals surface area (Å²) >= 11 is 0. The second kappa shape index (κ2) is 9.13. The number of carbonyl (C=O) groups is 2. The molecule has 2 aromatic heterocycles. The van der Waals surface area contributed by atoms with Crippen molar-refractivity contribution in [2.75, 3.05) is 19.7 Å². The van der Waals surface area contributed by atoms with Crippen LogP contribution in [0.4, 0.5) is 4.79 Å². The lowest BCUT2D eigenvalue weighted by molar-refractivity contribution is 0.0865. The second-order valence-corrected chi connectivity index (χ2v) is 14.5. The lowest BCUT2D eigenvalue weighted by Crippen LogP contribution is -2.41. The van der Waals surface area contributed by atoms with Gasteiger partial charge < -0.3 is 24.0 Å². The molecule has 1 saturated heterocycles. The Labute approximate surface area is 177 Å². The number of Topliss-reactive ketones (excluding diaryl/α,β-unsaturated/α-hetero) is 1. The van der Waals surface area contributed by atoms with Crippen molar-refractivity contribution in [3.63, 3.8) is 0 Å². The van der Waals surface area contributed by atoms with Gasteiger partial charge in [-0.25, -0.2) is 14.8 Å². The van der Waals surface area contributed by atoms with Crippen LogP contribution in [0.15, 0.2) is 12.4 Å². The van der Waals surface area contributed by atoms with E-state index in [0.717, 1.165) is 6.04 Å². The molecular formula is C20H30N4O5Si. The van der Waals surface area contributed by atoms with E-state index in [-0.39, 0.29) is 11.9 Å². The SMILES string of the molecule is CC(=O)c1cn(COCC[Si](C)(C)C)c2ncc(OC3CCN(C(=O)O)CC3)nc12. The van der Waals surface area contributed by atoms with Crippen LogP contribution < -0.4 is 4.74 Å². The number of carbonyl (C=O) groups excluding carboxylic acids is 1. The van der Waals surface area contributed by atoms with Crippen molar-refractivity contribution in [3.8, 4) is 5.88 Å². The molecule has 0 aliphatic carbocycles. The lowest BCUT2D eigenvalue weighted by Gasteiger charge is -2.29. The van der Waals surface area contributed by atoms with Crippen LogP contribution >= 0.6 is 0 Å². The summed E-state index contributed by atoms with van der Waals surface area (Å²) in [5, 5.41) is 9.05. The van der Waals surface area contributed by atoms with Gasteiger partial charge in [-0.05, 0) is 13.0 Å². The van der Waals surface area contributed by atoms with Crippen molar-refractivity contribution in [1.82, 2.24) is 19.4 Å². The number of hydrogen-bond donors (Lipinski definition) is 1. The van der Waals surface area contributed by atoms with Gasteiger partial charge >= 0.3 is 6.09 Å². The van der Waals surface area contributed by atoms with E-state index in [4.69, 9.17) is 14.6 Å². The molecule has 3 rings (SSSR count). The van der Waals surface area contributed by atoms with E-state index in [0.29, 0.717) is 61.9 Å². The Morgan fingerprint density at radius 3 is 2.57 bits per heavy atom. The molecule has 30 heavy (non-hydrogen) atoms. The van der Waals surface area contributed by atoms with Crippen molar-refractivity contribution >= 4 is 31.1 Å². The number of likely N-dealkylation sites (tertiary alicyclic amines) is 1. The van der Waals surface area contributed by atoms with Crippen LogP contribution in [0.2, 0.25) is 25.7 Å². The average Bonchev–Trinajstić information content (AvgIpc) is 3.03. The van der Waals surface area contributed by atoms with Gasteiger partial charge in [0.2, 0.25) is 5.88 Å². The number of rotatable bonds is 8. The maximum atomic E-state index is 12.1. The predicted octanol–water partition coefficient (Wildman–Crippen LogP) is 3.47. The number of fused-ring (bicyclic) bond motifs is 1. The highest BCUT2D eigenvalue weighted by Gasteiger charge is 2.24. The Hall–Kier alpha value is -2.46. The smallest absolute Gasteiger partial charge is 0.407 e. The van der Waals surface area contributed by atoms with Crippen LogP contribution in [0.5, 0.6) is 5.88 Å². The summed E-state index contributed by atoms with van der Waals surface area (Å²) in [5.74, 6) is 0.248. The minimum Gasteiger partial charge on any atom is -0.473 e. The van der Waals surface area contributed by atoms with Gasteiger partial charge in [0, 0.05) is 46.8 Å². The predicted molar refractivity (Wildman–Crippen MR) is 115 cm³/mol. The van der Waals surface area contributed by atoms with E-state index in [1.165, 1.54) is 11.8 Å². The fraction of sp³-hybridized carbons (Fsp3) is 0.600. The Kier molecular flexibility index (Phi) is 6.76. The molecule has 1 fully saturated rings.